The molecule has 4 rings (SSSR count). The van der Waals surface area contributed by atoms with Crippen LogP contribution in [0.25, 0.3) is 0 Å². The van der Waals surface area contributed by atoms with Crippen LogP contribution in [0.15, 0.2) is 34.9 Å². The monoisotopic (exact) mass is 370 g/mol. The van der Waals surface area contributed by atoms with Crippen LogP contribution in [0, 0.1) is 5.92 Å². The van der Waals surface area contributed by atoms with Gasteiger partial charge in [0, 0.05) is 32.7 Å². The Hall–Kier alpha value is -2.54. The van der Waals surface area contributed by atoms with Gasteiger partial charge in [-0.3, -0.25) is 9.69 Å². The van der Waals surface area contributed by atoms with Gasteiger partial charge in [-0.25, -0.2) is 4.98 Å². The number of amides is 1. The predicted molar refractivity (Wildman–Crippen MR) is 102 cm³/mol. The van der Waals surface area contributed by atoms with E-state index in [2.05, 4.69) is 26.2 Å². The molecular weight excluding hydrogens is 344 g/mol. The molecule has 1 aliphatic carbocycles. The number of nitrogens with one attached hydrogen (secondary N) is 1. The van der Waals surface area contributed by atoms with Crippen LogP contribution in [-0.4, -0.2) is 55.6 Å². The van der Waals surface area contributed by atoms with Crippen molar-refractivity contribution in [3.05, 3.63) is 42.1 Å². The summed E-state index contributed by atoms with van der Waals surface area (Å²) in [7, 11) is 1.70. The number of rotatable bonds is 7. The van der Waals surface area contributed by atoms with Crippen molar-refractivity contribution >= 4 is 11.6 Å². The number of para-hydroxylation sites is 2. The fourth-order valence-corrected chi connectivity index (χ4v) is 3.37. The van der Waals surface area contributed by atoms with Gasteiger partial charge in [-0.1, -0.05) is 12.1 Å². The van der Waals surface area contributed by atoms with Gasteiger partial charge in [0.05, 0.1) is 19.3 Å². The van der Waals surface area contributed by atoms with Crippen LogP contribution in [-0.2, 0) is 6.54 Å². The first kappa shape index (κ1) is 17.9. The Bertz CT molecular complexity index is 779. The van der Waals surface area contributed by atoms with E-state index in [0.29, 0.717) is 24.0 Å². The summed E-state index contributed by atoms with van der Waals surface area (Å²) < 4.78 is 11.0. The zero-order chi connectivity index (χ0) is 18.6. The van der Waals surface area contributed by atoms with Crippen molar-refractivity contribution in [2.45, 2.75) is 19.4 Å². The minimum absolute atomic E-state index is 0.141. The molecule has 0 atom stereocenters. The lowest BCUT2D eigenvalue weighted by Gasteiger charge is -2.36. The zero-order valence-corrected chi connectivity index (χ0v) is 15.7. The maximum atomic E-state index is 12.1. The summed E-state index contributed by atoms with van der Waals surface area (Å²) in [4.78, 5) is 21.1. The van der Waals surface area contributed by atoms with Crippen LogP contribution in [0.1, 0.15) is 29.2 Å². The van der Waals surface area contributed by atoms with Crippen molar-refractivity contribution in [2.24, 2.45) is 5.92 Å². The number of methoxy groups -OCH3 is 1. The van der Waals surface area contributed by atoms with Gasteiger partial charge < -0.3 is 19.4 Å². The molecule has 2 aromatic rings. The summed E-state index contributed by atoms with van der Waals surface area (Å²) >= 11 is 0. The number of hydrogen-bond acceptors (Lipinski definition) is 6. The van der Waals surface area contributed by atoms with Crippen molar-refractivity contribution in [1.82, 2.24) is 15.2 Å². The number of nitrogens with zero attached hydrogens (tertiary/aromatic N) is 3. The average molecular weight is 370 g/mol. The van der Waals surface area contributed by atoms with Gasteiger partial charge in [0.1, 0.15) is 12.0 Å². The molecule has 1 amide bonds. The molecule has 1 saturated carbocycles. The van der Waals surface area contributed by atoms with Gasteiger partial charge in [-0.05, 0) is 30.9 Å². The molecule has 2 heterocycles. The van der Waals surface area contributed by atoms with Crippen molar-refractivity contribution in [3.63, 3.8) is 0 Å². The summed E-state index contributed by atoms with van der Waals surface area (Å²) in [5.74, 6) is 2.01. The molecule has 1 aromatic heterocycles. The molecule has 1 aliphatic heterocycles. The van der Waals surface area contributed by atoms with Crippen LogP contribution >= 0.6 is 0 Å². The molecule has 1 N–H and O–H groups in total. The van der Waals surface area contributed by atoms with Gasteiger partial charge in [0.15, 0.2) is 5.69 Å². The van der Waals surface area contributed by atoms with E-state index in [1.807, 2.05) is 18.2 Å². The second kappa shape index (κ2) is 8.00. The van der Waals surface area contributed by atoms with E-state index in [1.54, 1.807) is 7.11 Å². The summed E-state index contributed by atoms with van der Waals surface area (Å²) in [6.07, 6.45) is 3.89. The van der Waals surface area contributed by atoms with E-state index in [-0.39, 0.29) is 5.91 Å². The van der Waals surface area contributed by atoms with Crippen LogP contribution in [0.5, 0.6) is 5.75 Å². The first-order valence-corrected chi connectivity index (χ1v) is 9.56. The standard InChI is InChI=1S/C20H26N4O3/c1-26-18-5-3-2-4-17(18)24-10-8-23(9-11-24)13-19-22-16(14-27-19)20(25)21-12-15-6-7-15/h2-5,14-15H,6-13H2,1H3,(H,21,25). The van der Waals surface area contributed by atoms with E-state index < -0.39 is 0 Å². The quantitative estimate of drug-likeness (QED) is 0.805. The SMILES string of the molecule is COc1ccccc1N1CCN(Cc2nc(C(=O)NCC3CC3)co2)CC1. The topological polar surface area (TPSA) is 70.8 Å². The Balaban J connectivity index is 1.28. The van der Waals surface area contributed by atoms with Gasteiger partial charge in [0.25, 0.3) is 5.91 Å². The van der Waals surface area contributed by atoms with E-state index in [0.717, 1.165) is 44.2 Å². The minimum atomic E-state index is -0.141. The van der Waals surface area contributed by atoms with Gasteiger partial charge in [-0.2, -0.15) is 0 Å². The number of benzene rings is 1. The molecule has 0 bridgehead atoms. The first-order chi connectivity index (χ1) is 13.2. The van der Waals surface area contributed by atoms with Crippen molar-refractivity contribution in [3.8, 4) is 5.75 Å². The Morgan fingerprint density at radius 1 is 1.26 bits per heavy atom. The van der Waals surface area contributed by atoms with E-state index in [4.69, 9.17) is 9.15 Å². The molecule has 0 spiro atoms. The number of carbonyl (C=O) groups is 1. The highest BCUT2D eigenvalue weighted by Crippen LogP contribution is 2.29. The number of ether oxygens (including phenoxy) is 1. The molecular formula is C20H26N4O3. The predicted octanol–water partition coefficient (Wildman–Crippen LogP) is 2.15. The van der Waals surface area contributed by atoms with Gasteiger partial charge >= 0.3 is 0 Å². The molecule has 27 heavy (non-hydrogen) atoms. The minimum Gasteiger partial charge on any atom is -0.495 e. The van der Waals surface area contributed by atoms with E-state index >= 15 is 0 Å². The number of piperazine rings is 1. The fourth-order valence-electron chi connectivity index (χ4n) is 3.37. The zero-order valence-electron chi connectivity index (χ0n) is 15.7. The number of anilines is 1. The largest absolute Gasteiger partial charge is 0.495 e. The third kappa shape index (κ3) is 4.42. The van der Waals surface area contributed by atoms with E-state index in [9.17, 15) is 4.79 Å². The summed E-state index contributed by atoms with van der Waals surface area (Å²) in [6, 6.07) is 8.10. The van der Waals surface area contributed by atoms with Crippen molar-refractivity contribution < 1.29 is 13.9 Å². The second-order valence-electron chi connectivity index (χ2n) is 7.21. The molecule has 1 aromatic carbocycles. The molecule has 7 heteroatoms. The van der Waals surface area contributed by atoms with E-state index in [1.165, 1.54) is 19.1 Å². The molecule has 2 fully saturated rings. The number of oxazole rings is 1. The molecule has 2 aliphatic rings. The maximum Gasteiger partial charge on any atom is 0.273 e. The first-order valence-electron chi connectivity index (χ1n) is 9.56. The van der Waals surface area contributed by atoms with Crippen molar-refractivity contribution in [1.29, 1.82) is 0 Å². The molecule has 1 saturated heterocycles. The Morgan fingerprint density at radius 3 is 2.78 bits per heavy atom. The fraction of sp³-hybridized carbons (Fsp3) is 0.500. The van der Waals surface area contributed by atoms with Crippen LogP contribution < -0.4 is 15.0 Å². The third-order valence-electron chi connectivity index (χ3n) is 5.19. The average Bonchev–Trinajstić information content (AvgIpc) is 3.43. The third-order valence-corrected chi connectivity index (χ3v) is 5.19. The van der Waals surface area contributed by atoms with Crippen LogP contribution in [0.4, 0.5) is 5.69 Å². The smallest absolute Gasteiger partial charge is 0.273 e. The molecule has 0 unspecified atom stereocenters. The molecule has 0 radical (unpaired) electrons. The van der Waals surface area contributed by atoms with Crippen molar-refractivity contribution in [2.75, 3.05) is 44.7 Å². The molecule has 144 valence electrons. The lowest BCUT2D eigenvalue weighted by Crippen LogP contribution is -2.46. The Morgan fingerprint density at radius 2 is 2.04 bits per heavy atom. The van der Waals surface area contributed by atoms with Crippen LogP contribution in [0.3, 0.4) is 0 Å². The Labute approximate surface area is 159 Å². The van der Waals surface area contributed by atoms with Gasteiger partial charge in [0.2, 0.25) is 5.89 Å². The summed E-state index contributed by atoms with van der Waals surface area (Å²) in [6.45, 7) is 5.00. The highest BCUT2D eigenvalue weighted by atomic mass is 16.5. The number of carbonyl (C=O) groups excluding carboxylic acids is 1. The van der Waals surface area contributed by atoms with Crippen LogP contribution in [0.2, 0.25) is 0 Å². The summed E-state index contributed by atoms with van der Waals surface area (Å²) in [5, 5.41) is 2.92. The highest BCUT2D eigenvalue weighted by molar-refractivity contribution is 5.91. The number of hydrogen-bond donors (Lipinski definition) is 1. The normalized spacial score (nSPS) is 17.7. The number of aromatic nitrogens is 1. The lowest BCUT2D eigenvalue weighted by molar-refractivity contribution is 0.0946. The summed E-state index contributed by atoms with van der Waals surface area (Å²) in [5.41, 5.74) is 1.50. The second-order valence-corrected chi connectivity index (χ2v) is 7.21. The maximum absolute atomic E-state index is 12.1. The lowest BCUT2D eigenvalue weighted by atomic mass is 10.2. The molecule has 7 nitrogen and oxygen atoms in total. The van der Waals surface area contributed by atoms with Gasteiger partial charge in [-0.15, -0.1) is 0 Å². The highest BCUT2D eigenvalue weighted by Gasteiger charge is 2.24. The Kier molecular flexibility index (Phi) is 5.29.